The van der Waals surface area contributed by atoms with Crippen LogP contribution in [0.4, 0.5) is 0 Å². The highest BCUT2D eigenvalue weighted by atomic mass is 32.1. The third kappa shape index (κ3) is 4.58. The van der Waals surface area contributed by atoms with Gasteiger partial charge in [0.1, 0.15) is 6.04 Å². The summed E-state index contributed by atoms with van der Waals surface area (Å²) in [5.41, 5.74) is 1.53. The van der Waals surface area contributed by atoms with Gasteiger partial charge in [-0.05, 0) is 62.9 Å². The first-order valence-corrected chi connectivity index (χ1v) is 12.6. The van der Waals surface area contributed by atoms with E-state index >= 15 is 0 Å². The van der Waals surface area contributed by atoms with Gasteiger partial charge in [0.15, 0.2) is 16.3 Å². The SMILES string of the molecule is CCOC(=O)C1=C(C)N=c2s/c(=C\c3ccc(OC(C)C)c(OC)c3)c(=O)n2[C@H]1c1cccs1. The summed E-state index contributed by atoms with van der Waals surface area (Å²) in [7, 11) is 1.58. The minimum Gasteiger partial charge on any atom is -0.493 e. The first kappa shape index (κ1) is 24.0. The van der Waals surface area contributed by atoms with Gasteiger partial charge in [-0.25, -0.2) is 9.79 Å². The zero-order valence-electron chi connectivity index (χ0n) is 19.7. The normalized spacial score (nSPS) is 15.8. The van der Waals surface area contributed by atoms with E-state index in [1.165, 1.54) is 22.7 Å². The number of nitrogens with zero attached hydrogens (tertiary/aromatic N) is 2. The average Bonchev–Trinajstić information content (AvgIpc) is 3.42. The second kappa shape index (κ2) is 9.99. The van der Waals surface area contributed by atoms with Gasteiger partial charge in [-0.15, -0.1) is 11.3 Å². The van der Waals surface area contributed by atoms with Crippen molar-refractivity contribution in [3.8, 4) is 11.5 Å². The molecular formula is C25H26N2O5S2. The van der Waals surface area contributed by atoms with Gasteiger partial charge in [0.05, 0.1) is 35.6 Å². The molecule has 1 aliphatic heterocycles. The number of hydrogen-bond donors (Lipinski definition) is 0. The largest absolute Gasteiger partial charge is 0.493 e. The number of methoxy groups -OCH3 is 1. The summed E-state index contributed by atoms with van der Waals surface area (Å²) in [5.74, 6) is 0.776. The molecule has 0 amide bonds. The molecule has 0 aliphatic carbocycles. The van der Waals surface area contributed by atoms with Crippen LogP contribution in [0.1, 0.15) is 44.2 Å². The number of carbonyl (C=O) groups is 1. The number of thiophene rings is 1. The van der Waals surface area contributed by atoms with Gasteiger partial charge in [-0.2, -0.15) is 0 Å². The highest BCUT2D eigenvalue weighted by molar-refractivity contribution is 7.10. The number of aromatic nitrogens is 1. The summed E-state index contributed by atoms with van der Waals surface area (Å²) in [6.07, 6.45) is 1.82. The second-order valence-electron chi connectivity index (χ2n) is 7.89. The maximum absolute atomic E-state index is 13.6. The van der Waals surface area contributed by atoms with Crippen LogP contribution < -0.4 is 24.4 Å². The monoisotopic (exact) mass is 498 g/mol. The number of esters is 1. The van der Waals surface area contributed by atoms with Crippen LogP contribution >= 0.6 is 22.7 Å². The minimum atomic E-state index is -0.575. The lowest BCUT2D eigenvalue weighted by Gasteiger charge is -2.23. The first-order chi connectivity index (χ1) is 16.3. The maximum atomic E-state index is 13.6. The fraction of sp³-hybridized carbons (Fsp3) is 0.320. The van der Waals surface area contributed by atoms with Crippen LogP contribution in [0.5, 0.6) is 11.5 Å². The van der Waals surface area contributed by atoms with Gasteiger partial charge < -0.3 is 14.2 Å². The number of ether oxygens (including phenoxy) is 3. The molecule has 1 aromatic carbocycles. The molecule has 0 bridgehead atoms. The summed E-state index contributed by atoms with van der Waals surface area (Å²) in [5, 5.41) is 1.93. The second-order valence-corrected chi connectivity index (χ2v) is 9.88. The molecule has 0 spiro atoms. The number of allylic oxidation sites excluding steroid dienone is 1. The van der Waals surface area contributed by atoms with E-state index < -0.39 is 12.0 Å². The van der Waals surface area contributed by atoms with E-state index in [0.29, 0.717) is 32.1 Å². The van der Waals surface area contributed by atoms with Crippen molar-refractivity contribution in [2.75, 3.05) is 13.7 Å². The maximum Gasteiger partial charge on any atom is 0.338 e. The topological polar surface area (TPSA) is 79.1 Å². The molecule has 0 saturated carbocycles. The van der Waals surface area contributed by atoms with E-state index in [1.54, 1.807) is 31.6 Å². The van der Waals surface area contributed by atoms with E-state index in [2.05, 4.69) is 4.99 Å². The van der Waals surface area contributed by atoms with Crippen molar-refractivity contribution in [2.45, 2.75) is 39.8 Å². The third-order valence-corrected chi connectivity index (χ3v) is 7.09. The van der Waals surface area contributed by atoms with Crippen LogP contribution in [0.25, 0.3) is 6.08 Å². The Morgan fingerprint density at radius 1 is 1.26 bits per heavy atom. The summed E-state index contributed by atoms with van der Waals surface area (Å²) in [6.45, 7) is 7.68. The van der Waals surface area contributed by atoms with E-state index in [-0.39, 0.29) is 18.3 Å². The van der Waals surface area contributed by atoms with E-state index in [9.17, 15) is 9.59 Å². The lowest BCUT2D eigenvalue weighted by molar-refractivity contribution is -0.139. The molecule has 2 aromatic heterocycles. The van der Waals surface area contributed by atoms with Crippen molar-refractivity contribution >= 4 is 34.7 Å². The molecule has 0 radical (unpaired) electrons. The van der Waals surface area contributed by atoms with E-state index in [4.69, 9.17) is 14.2 Å². The molecule has 0 fully saturated rings. The van der Waals surface area contributed by atoms with Gasteiger partial charge in [-0.1, -0.05) is 23.5 Å². The van der Waals surface area contributed by atoms with E-state index in [1.807, 2.05) is 49.6 Å². The molecule has 0 N–H and O–H groups in total. The van der Waals surface area contributed by atoms with Gasteiger partial charge in [0, 0.05) is 4.88 Å². The molecule has 0 unspecified atom stereocenters. The van der Waals surface area contributed by atoms with Crippen molar-refractivity contribution in [3.05, 3.63) is 77.1 Å². The van der Waals surface area contributed by atoms with Crippen molar-refractivity contribution in [1.29, 1.82) is 0 Å². The average molecular weight is 499 g/mol. The molecule has 3 aromatic rings. The Kier molecular flexibility index (Phi) is 7.04. The Labute approximate surface area is 205 Å². The summed E-state index contributed by atoms with van der Waals surface area (Å²) >= 11 is 2.78. The Bertz CT molecular complexity index is 1410. The Hall–Kier alpha value is -3.17. The number of rotatable bonds is 7. The first-order valence-electron chi connectivity index (χ1n) is 10.9. The number of fused-ring (bicyclic) bond motifs is 1. The van der Waals surface area contributed by atoms with E-state index in [0.717, 1.165) is 10.4 Å². The Morgan fingerprint density at radius 3 is 2.71 bits per heavy atom. The van der Waals surface area contributed by atoms with Crippen LogP contribution in [0.3, 0.4) is 0 Å². The molecule has 34 heavy (non-hydrogen) atoms. The van der Waals surface area contributed by atoms with Gasteiger partial charge in [0.2, 0.25) is 0 Å². The third-order valence-electron chi connectivity index (χ3n) is 5.18. The predicted molar refractivity (Wildman–Crippen MR) is 133 cm³/mol. The molecule has 4 rings (SSSR count). The van der Waals surface area contributed by atoms with Gasteiger partial charge >= 0.3 is 5.97 Å². The summed E-state index contributed by atoms with van der Waals surface area (Å²) in [4.78, 5) is 32.4. The van der Waals surface area contributed by atoms with Crippen LogP contribution in [-0.2, 0) is 9.53 Å². The van der Waals surface area contributed by atoms with Gasteiger partial charge in [-0.3, -0.25) is 9.36 Å². The molecule has 7 nitrogen and oxygen atoms in total. The Morgan fingerprint density at radius 2 is 2.06 bits per heavy atom. The lowest BCUT2D eigenvalue weighted by Crippen LogP contribution is -2.39. The van der Waals surface area contributed by atoms with Crippen LogP contribution in [-0.4, -0.2) is 30.4 Å². The fourth-order valence-corrected chi connectivity index (χ4v) is 5.65. The van der Waals surface area contributed by atoms with Crippen molar-refractivity contribution in [1.82, 2.24) is 4.57 Å². The lowest BCUT2D eigenvalue weighted by atomic mass is 10.0. The molecule has 9 heteroatoms. The predicted octanol–water partition coefficient (Wildman–Crippen LogP) is 3.66. The summed E-state index contributed by atoms with van der Waals surface area (Å²) in [6, 6.07) is 8.80. The highest BCUT2D eigenvalue weighted by Gasteiger charge is 2.33. The number of thiazole rings is 1. The quantitative estimate of drug-likeness (QED) is 0.465. The Balaban J connectivity index is 1.85. The molecule has 1 atom stereocenters. The molecular weight excluding hydrogens is 472 g/mol. The van der Waals surface area contributed by atoms with Crippen molar-refractivity contribution in [3.63, 3.8) is 0 Å². The molecule has 178 valence electrons. The van der Waals surface area contributed by atoms with Crippen molar-refractivity contribution < 1.29 is 19.0 Å². The fourth-order valence-electron chi connectivity index (χ4n) is 3.78. The van der Waals surface area contributed by atoms with Crippen molar-refractivity contribution in [2.24, 2.45) is 4.99 Å². The zero-order chi connectivity index (χ0) is 24.4. The highest BCUT2D eigenvalue weighted by Crippen LogP contribution is 2.33. The molecule has 3 heterocycles. The van der Waals surface area contributed by atoms with Gasteiger partial charge in [0.25, 0.3) is 5.56 Å². The number of carbonyl (C=O) groups excluding carboxylic acids is 1. The molecule has 0 saturated heterocycles. The van der Waals surface area contributed by atoms with Crippen LogP contribution in [0, 0.1) is 0 Å². The van der Waals surface area contributed by atoms with Crippen LogP contribution in [0.15, 0.2) is 56.8 Å². The standard InChI is InChI=1S/C25H26N2O5S2/c1-6-31-24(29)21-15(4)26-25-27(22(21)19-8-7-11-33-19)23(28)20(34-25)13-16-9-10-17(32-14(2)3)18(12-16)30-5/h7-14,22H,6H2,1-5H3/b20-13-/t22-/m0/s1. The minimum absolute atomic E-state index is 0.0116. The smallest absolute Gasteiger partial charge is 0.338 e. The van der Waals surface area contributed by atoms with Crippen LogP contribution in [0.2, 0.25) is 0 Å². The summed E-state index contributed by atoms with van der Waals surface area (Å²) < 4.78 is 18.7. The number of hydrogen-bond acceptors (Lipinski definition) is 8. The zero-order valence-corrected chi connectivity index (χ0v) is 21.3. The number of benzene rings is 1. The molecule has 1 aliphatic rings.